The minimum absolute atomic E-state index is 0.793. The van der Waals surface area contributed by atoms with Crippen LogP contribution >= 0.6 is 0 Å². The van der Waals surface area contributed by atoms with Crippen LogP contribution in [0.4, 0.5) is 0 Å². The van der Waals surface area contributed by atoms with Crippen LogP contribution in [0.25, 0.3) is 0 Å². The van der Waals surface area contributed by atoms with Gasteiger partial charge in [0.15, 0.2) is 0 Å². The lowest BCUT2D eigenvalue weighted by molar-refractivity contribution is 0.324. The standard InChI is InChI=1S/C13H17NO/c1-2-10(3-1)11-4-5-12-9-14-6-7-15-13(12)8-11/h4-5,8,10,14H,1-3,6-7,9H2. The highest BCUT2D eigenvalue weighted by Gasteiger charge is 2.20. The lowest BCUT2D eigenvalue weighted by Gasteiger charge is -2.26. The van der Waals surface area contributed by atoms with Gasteiger partial charge in [0.1, 0.15) is 12.4 Å². The Morgan fingerprint density at radius 3 is 3.00 bits per heavy atom. The molecule has 80 valence electrons. The van der Waals surface area contributed by atoms with Gasteiger partial charge < -0.3 is 10.1 Å². The maximum absolute atomic E-state index is 5.75. The largest absolute Gasteiger partial charge is 0.492 e. The van der Waals surface area contributed by atoms with Gasteiger partial charge in [0.05, 0.1) is 0 Å². The molecule has 1 heterocycles. The summed E-state index contributed by atoms with van der Waals surface area (Å²) in [5.74, 6) is 1.90. The van der Waals surface area contributed by atoms with Crippen molar-refractivity contribution in [3.63, 3.8) is 0 Å². The summed E-state index contributed by atoms with van der Waals surface area (Å²) >= 11 is 0. The molecule has 0 aromatic heterocycles. The summed E-state index contributed by atoms with van der Waals surface area (Å²) in [6, 6.07) is 6.76. The van der Waals surface area contributed by atoms with E-state index in [1.54, 1.807) is 0 Å². The third kappa shape index (κ3) is 1.74. The first-order chi connectivity index (χ1) is 7.43. The van der Waals surface area contributed by atoms with E-state index in [1.807, 2.05) is 0 Å². The Bertz CT molecular complexity index is 358. The summed E-state index contributed by atoms with van der Waals surface area (Å²) in [4.78, 5) is 0. The highest BCUT2D eigenvalue weighted by atomic mass is 16.5. The Hall–Kier alpha value is -1.02. The monoisotopic (exact) mass is 203 g/mol. The first-order valence-corrected chi connectivity index (χ1v) is 5.90. The van der Waals surface area contributed by atoms with E-state index >= 15 is 0 Å². The van der Waals surface area contributed by atoms with Crippen molar-refractivity contribution in [2.24, 2.45) is 0 Å². The van der Waals surface area contributed by atoms with Crippen molar-refractivity contribution in [1.82, 2.24) is 5.32 Å². The van der Waals surface area contributed by atoms with E-state index in [2.05, 4.69) is 23.5 Å². The number of hydrogen-bond acceptors (Lipinski definition) is 2. The molecule has 0 saturated heterocycles. The predicted molar refractivity (Wildman–Crippen MR) is 60.2 cm³/mol. The third-order valence-electron chi connectivity index (χ3n) is 3.52. The van der Waals surface area contributed by atoms with Crippen LogP contribution in [-0.2, 0) is 6.54 Å². The Balaban J connectivity index is 1.89. The molecular formula is C13H17NO. The van der Waals surface area contributed by atoms with E-state index in [0.29, 0.717) is 0 Å². The lowest BCUT2D eigenvalue weighted by Crippen LogP contribution is -2.16. The second-order valence-corrected chi connectivity index (χ2v) is 4.52. The van der Waals surface area contributed by atoms with Crippen LogP contribution in [0.15, 0.2) is 18.2 Å². The van der Waals surface area contributed by atoms with Crippen molar-refractivity contribution in [3.8, 4) is 5.75 Å². The molecule has 1 aromatic carbocycles. The van der Waals surface area contributed by atoms with Crippen molar-refractivity contribution in [2.75, 3.05) is 13.2 Å². The van der Waals surface area contributed by atoms with Gasteiger partial charge in [0.2, 0.25) is 0 Å². The summed E-state index contributed by atoms with van der Waals surface area (Å²) in [5.41, 5.74) is 2.78. The van der Waals surface area contributed by atoms with E-state index in [4.69, 9.17) is 4.74 Å². The quantitative estimate of drug-likeness (QED) is 0.757. The van der Waals surface area contributed by atoms with Gasteiger partial charge >= 0.3 is 0 Å². The fourth-order valence-corrected chi connectivity index (χ4v) is 2.30. The highest BCUT2D eigenvalue weighted by molar-refractivity contribution is 5.39. The molecule has 1 fully saturated rings. The SMILES string of the molecule is c1cc2c(cc1C1CCC1)OCCNC2. The van der Waals surface area contributed by atoms with Gasteiger partial charge in [-0.15, -0.1) is 0 Å². The van der Waals surface area contributed by atoms with Gasteiger partial charge in [-0.2, -0.15) is 0 Å². The fraction of sp³-hybridized carbons (Fsp3) is 0.538. The summed E-state index contributed by atoms with van der Waals surface area (Å²) in [6.45, 7) is 2.69. The molecule has 0 spiro atoms. The first kappa shape index (κ1) is 9.22. The smallest absolute Gasteiger partial charge is 0.124 e. The molecule has 1 N–H and O–H groups in total. The third-order valence-corrected chi connectivity index (χ3v) is 3.52. The minimum Gasteiger partial charge on any atom is -0.492 e. The molecule has 0 amide bonds. The van der Waals surface area contributed by atoms with Crippen LogP contribution in [0, 0.1) is 0 Å². The molecule has 0 unspecified atom stereocenters. The molecule has 1 saturated carbocycles. The van der Waals surface area contributed by atoms with Gasteiger partial charge in [-0.1, -0.05) is 18.6 Å². The van der Waals surface area contributed by atoms with Crippen LogP contribution in [-0.4, -0.2) is 13.2 Å². The molecule has 2 heteroatoms. The van der Waals surface area contributed by atoms with E-state index in [0.717, 1.165) is 31.4 Å². The molecule has 1 aliphatic heterocycles. The van der Waals surface area contributed by atoms with Gasteiger partial charge in [-0.3, -0.25) is 0 Å². The molecular weight excluding hydrogens is 186 g/mol. The van der Waals surface area contributed by atoms with Crippen molar-refractivity contribution >= 4 is 0 Å². The lowest BCUT2D eigenvalue weighted by atomic mass is 9.80. The predicted octanol–water partition coefficient (Wildman–Crippen LogP) is 2.44. The topological polar surface area (TPSA) is 21.3 Å². The van der Waals surface area contributed by atoms with Gasteiger partial charge in [0, 0.05) is 18.7 Å². The summed E-state index contributed by atoms with van der Waals surface area (Å²) in [6.07, 6.45) is 4.11. The molecule has 2 nitrogen and oxygen atoms in total. The number of rotatable bonds is 1. The number of hydrogen-bond donors (Lipinski definition) is 1. The maximum atomic E-state index is 5.75. The minimum atomic E-state index is 0.793. The zero-order valence-corrected chi connectivity index (χ0v) is 8.96. The van der Waals surface area contributed by atoms with Crippen molar-refractivity contribution in [1.29, 1.82) is 0 Å². The van der Waals surface area contributed by atoms with Crippen molar-refractivity contribution in [3.05, 3.63) is 29.3 Å². The van der Waals surface area contributed by atoms with Gasteiger partial charge in [-0.25, -0.2) is 0 Å². The molecule has 0 bridgehead atoms. The van der Waals surface area contributed by atoms with E-state index < -0.39 is 0 Å². The van der Waals surface area contributed by atoms with Crippen LogP contribution < -0.4 is 10.1 Å². The van der Waals surface area contributed by atoms with Gasteiger partial charge in [-0.05, 0) is 30.4 Å². The number of nitrogens with one attached hydrogen (secondary N) is 1. The highest BCUT2D eigenvalue weighted by Crippen LogP contribution is 2.38. The van der Waals surface area contributed by atoms with Crippen molar-refractivity contribution < 1.29 is 4.74 Å². The second-order valence-electron chi connectivity index (χ2n) is 4.52. The van der Waals surface area contributed by atoms with Crippen LogP contribution in [0.3, 0.4) is 0 Å². The number of benzene rings is 1. The van der Waals surface area contributed by atoms with Crippen LogP contribution in [0.5, 0.6) is 5.75 Å². The van der Waals surface area contributed by atoms with Crippen LogP contribution in [0.2, 0.25) is 0 Å². The summed E-state index contributed by atoms with van der Waals surface area (Å²) in [7, 11) is 0. The van der Waals surface area contributed by atoms with E-state index in [9.17, 15) is 0 Å². The average Bonchev–Trinajstić information content (AvgIpc) is 2.39. The Kier molecular flexibility index (Phi) is 2.37. The molecule has 0 atom stereocenters. The zero-order valence-electron chi connectivity index (χ0n) is 8.96. The molecule has 3 rings (SSSR count). The second kappa shape index (κ2) is 3.86. The molecule has 15 heavy (non-hydrogen) atoms. The Morgan fingerprint density at radius 1 is 1.27 bits per heavy atom. The average molecular weight is 203 g/mol. The van der Waals surface area contributed by atoms with E-state index in [1.165, 1.54) is 30.4 Å². The fourth-order valence-electron chi connectivity index (χ4n) is 2.30. The molecule has 2 aliphatic rings. The summed E-state index contributed by atoms with van der Waals surface area (Å²) in [5, 5.41) is 3.36. The normalized spacial score (nSPS) is 21.1. The Morgan fingerprint density at radius 2 is 2.20 bits per heavy atom. The van der Waals surface area contributed by atoms with Gasteiger partial charge in [0.25, 0.3) is 0 Å². The number of ether oxygens (including phenoxy) is 1. The molecule has 1 aromatic rings. The van der Waals surface area contributed by atoms with E-state index in [-0.39, 0.29) is 0 Å². The Labute approximate surface area is 90.6 Å². The molecule has 1 aliphatic carbocycles. The zero-order chi connectivity index (χ0) is 10.1. The van der Waals surface area contributed by atoms with Crippen LogP contribution in [0.1, 0.15) is 36.3 Å². The summed E-state index contributed by atoms with van der Waals surface area (Å²) < 4.78 is 5.75. The van der Waals surface area contributed by atoms with Crippen molar-refractivity contribution in [2.45, 2.75) is 31.7 Å². The molecule has 0 radical (unpaired) electrons. The first-order valence-electron chi connectivity index (χ1n) is 5.90. The maximum Gasteiger partial charge on any atom is 0.124 e. The number of fused-ring (bicyclic) bond motifs is 1.